The molecule has 0 aliphatic rings. The molecule has 0 N–H and O–H groups in total. The zero-order valence-electron chi connectivity index (χ0n) is 18.6. The van der Waals surface area contributed by atoms with Crippen LogP contribution < -0.4 is 19.8 Å². The Bertz CT molecular complexity index is 1260. The Kier molecular flexibility index (Phi) is 7.29. The Morgan fingerprint density at radius 3 is 2.45 bits per heavy atom. The number of methoxy groups -OCH3 is 2. The second-order valence-electron chi connectivity index (χ2n) is 7.07. The number of hydrogen-bond acceptors (Lipinski definition) is 9. The molecule has 0 unspecified atom stereocenters. The maximum absolute atomic E-state index is 13.0. The number of esters is 1. The molecule has 1 heterocycles. The molecular weight excluding hydrogens is 434 g/mol. The third kappa shape index (κ3) is 5.12. The number of hydrogen-bond donors (Lipinski definition) is 0. The van der Waals surface area contributed by atoms with Gasteiger partial charge in [0.1, 0.15) is 23.5 Å². The van der Waals surface area contributed by atoms with Gasteiger partial charge in [0.05, 0.1) is 24.7 Å². The van der Waals surface area contributed by atoms with Gasteiger partial charge in [0.25, 0.3) is 5.69 Å². The summed E-state index contributed by atoms with van der Waals surface area (Å²) in [6.07, 6.45) is 0.509. The van der Waals surface area contributed by atoms with Crippen LogP contribution in [0.2, 0.25) is 0 Å². The molecule has 0 spiro atoms. The first kappa shape index (κ1) is 23.7. The van der Waals surface area contributed by atoms with Crippen LogP contribution in [-0.4, -0.2) is 38.3 Å². The molecule has 0 radical (unpaired) electrons. The number of carbonyl (C=O) groups is 1. The summed E-state index contributed by atoms with van der Waals surface area (Å²) in [6, 6.07) is 6.87. The van der Waals surface area contributed by atoms with Crippen LogP contribution in [0.5, 0.6) is 17.2 Å². The van der Waals surface area contributed by atoms with Gasteiger partial charge in [-0.3, -0.25) is 10.1 Å². The van der Waals surface area contributed by atoms with E-state index in [1.807, 2.05) is 6.92 Å². The van der Waals surface area contributed by atoms with Gasteiger partial charge in [0.15, 0.2) is 11.5 Å². The maximum atomic E-state index is 13.0. The molecule has 0 aliphatic heterocycles. The molecule has 0 fully saturated rings. The molecule has 3 aromatic rings. The predicted octanol–water partition coefficient (Wildman–Crippen LogP) is 3.83. The van der Waals surface area contributed by atoms with Crippen LogP contribution in [0, 0.1) is 17.0 Å². The lowest BCUT2D eigenvalue weighted by Crippen LogP contribution is -2.14. The standard InChI is InChI=1S/C23H23NO9/c1-5-14-9-15-13(2)8-22(25)32-19(15)12-18(14)33-23(26)16-10-20(30-4)21(31-7-6-29-3)11-17(16)24(27)28/h8-12H,5-7H2,1-4H3. The van der Waals surface area contributed by atoms with E-state index < -0.39 is 22.2 Å². The average Bonchev–Trinajstić information content (AvgIpc) is 2.78. The van der Waals surface area contributed by atoms with Gasteiger partial charge in [-0.25, -0.2) is 9.59 Å². The molecule has 0 amide bonds. The van der Waals surface area contributed by atoms with Crippen LogP contribution in [0.4, 0.5) is 5.69 Å². The fraction of sp³-hybridized carbons (Fsp3) is 0.304. The molecule has 3 rings (SSSR count). The van der Waals surface area contributed by atoms with Crippen molar-refractivity contribution in [1.29, 1.82) is 0 Å². The Balaban J connectivity index is 2.03. The molecule has 174 valence electrons. The highest BCUT2D eigenvalue weighted by Gasteiger charge is 2.27. The highest BCUT2D eigenvalue weighted by molar-refractivity contribution is 5.97. The lowest BCUT2D eigenvalue weighted by Gasteiger charge is -2.14. The minimum Gasteiger partial charge on any atom is -0.493 e. The Labute approximate surface area is 188 Å². The molecule has 1 aromatic heterocycles. The summed E-state index contributed by atoms with van der Waals surface area (Å²) in [5.41, 5.74) is 0.276. The van der Waals surface area contributed by atoms with Gasteiger partial charge >= 0.3 is 11.6 Å². The Hall–Kier alpha value is -3.92. The van der Waals surface area contributed by atoms with Gasteiger partial charge in [-0.15, -0.1) is 0 Å². The number of aryl methyl sites for hydroxylation is 2. The number of ether oxygens (including phenoxy) is 4. The number of nitro benzene ring substituents is 1. The monoisotopic (exact) mass is 457 g/mol. The van der Waals surface area contributed by atoms with Crippen LogP contribution in [-0.2, 0) is 11.2 Å². The molecule has 0 bridgehead atoms. The zero-order chi connectivity index (χ0) is 24.1. The third-order valence-corrected chi connectivity index (χ3v) is 4.96. The van der Waals surface area contributed by atoms with Crippen molar-refractivity contribution in [3.05, 3.63) is 67.6 Å². The van der Waals surface area contributed by atoms with E-state index in [4.69, 9.17) is 23.4 Å². The second kappa shape index (κ2) is 10.1. The first-order valence-electron chi connectivity index (χ1n) is 10.1. The SMILES string of the molecule is CCc1cc2c(C)cc(=O)oc2cc1OC(=O)c1cc(OC)c(OCCOC)cc1[N+](=O)[O-]. The van der Waals surface area contributed by atoms with Crippen molar-refractivity contribution in [3.8, 4) is 17.2 Å². The predicted molar refractivity (Wildman–Crippen MR) is 119 cm³/mol. The van der Waals surface area contributed by atoms with Gasteiger partial charge < -0.3 is 23.4 Å². The van der Waals surface area contributed by atoms with Gasteiger partial charge in [0, 0.05) is 30.7 Å². The van der Waals surface area contributed by atoms with E-state index in [0.717, 1.165) is 11.6 Å². The molecule has 0 atom stereocenters. The van der Waals surface area contributed by atoms with E-state index in [0.29, 0.717) is 17.4 Å². The highest BCUT2D eigenvalue weighted by atomic mass is 16.6. The van der Waals surface area contributed by atoms with Crippen molar-refractivity contribution in [2.24, 2.45) is 0 Å². The number of nitro groups is 1. The quantitative estimate of drug-likeness (QED) is 0.118. The molecular formula is C23H23NO9. The fourth-order valence-corrected chi connectivity index (χ4v) is 3.29. The molecule has 0 saturated carbocycles. The van der Waals surface area contributed by atoms with Crippen molar-refractivity contribution in [1.82, 2.24) is 0 Å². The minimum atomic E-state index is -0.965. The van der Waals surface area contributed by atoms with Crippen molar-refractivity contribution in [3.63, 3.8) is 0 Å². The third-order valence-electron chi connectivity index (χ3n) is 4.96. The molecule has 10 heteroatoms. The number of carbonyl (C=O) groups excluding carboxylic acids is 1. The molecule has 33 heavy (non-hydrogen) atoms. The normalized spacial score (nSPS) is 10.8. The molecule has 10 nitrogen and oxygen atoms in total. The number of fused-ring (bicyclic) bond motifs is 1. The summed E-state index contributed by atoms with van der Waals surface area (Å²) >= 11 is 0. The first-order valence-corrected chi connectivity index (χ1v) is 10.1. The summed E-state index contributed by atoms with van der Waals surface area (Å²) < 4.78 is 26.4. The van der Waals surface area contributed by atoms with Crippen LogP contribution >= 0.6 is 0 Å². The summed E-state index contributed by atoms with van der Waals surface area (Å²) in [6.45, 7) is 4.04. The van der Waals surface area contributed by atoms with E-state index in [1.54, 1.807) is 13.0 Å². The van der Waals surface area contributed by atoms with Gasteiger partial charge in [0.2, 0.25) is 0 Å². The van der Waals surface area contributed by atoms with E-state index in [9.17, 15) is 19.7 Å². The fourth-order valence-electron chi connectivity index (χ4n) is 3.29. The highest BCUT2D eigenvalue weighted by Crippen LogP contribution is 2.36. The smallest absolute Gasteiger partial charge is 0.350 e. The summed E-state index contributed by atoms with van der Waals surface area (Å²) in [7, 11) is 2.84. The van der Waals surface area contributed by atoms with Crippen molar-refractivity contribution < 1.29 is 33.1 Å². The zero-order valence-corrected chi connectivity index (χ0v) is 18.6. The Morgan fingerprint density at radius 2 is 1.82 bits per heavy atom. The van der Waals surface area contributed by atoms with Crippen LogP contribution in [0.3, 0.4) is 0 Å². The lowest BCUT2D eigenvalue weighted by molar-refractivity contribution is -0.385. The number of nitrogens with zero attached hydrogens (tertiary/aromatic N) is 1. The van der Waals surface area contributed by atoms with E-state index >= 15 is 0 Å². The lowest BCUT2D eigenvalue weighted by atomic mass is 10.1. The summed E-state index contributed by atoms with van der Waals surface area (Å²) in [4.78, 5) is 35.7. The summed E-state index contributed by atoms with van der Waals surface area (Å²) in [5.74, 6) is -0.612. The van der Waals surface area contributed by atoms with Crippen LogP contribution in [0.25, 0.3) is 11.0 Å². The second-order valence-corrected chi connectivity index (χ2v) is 7.07. The van der Waals surface area contributed by atoms with Gasteiger partial charge in [-0.2, -0.15) is 0 Å². The average molecular weight is 457 g/mol. The number of rotatable bonds is 9. The minimum absolute atomic E-state index is 0.0926. The van der Waals surface area contributed by atoms with E-state index in [1.165, 1.54) is 32.4 Å². The van der Waals surface area contributed by atoms with Crippen molar-refractivity contribution in [2.45, 2.75) is 20.3 Å². The molecule has 0 aliphatic carbocycles. The van der Waals surface area contributed by atoms with Crippen molar-refractivity contribution >= 4 is 22.6 Å². The largest absolute Gasteiger partial charge is 0.493 e. The van der Waals surface area contributed by atoms with Crippen molar-refractivity contribution in [2.75, 3.05) is 27.4 Å². The topological polar surface area (TPSA) is 127 Å². The van der Waals surface area contributed by atoms with E-state index in [2.05, 4.69) is 0 Å². The Morgan fingerprint density at radius 1 is 1.06 bits per heavy atom. The van der Waals surface area contributed by atoms with Crippen LogP contribution in [0.15, 0.2) is 39.5 Å². The van der Waals surface area contributed by atoms with Gasteiger partial charge in [-0.1, -0.05) is 6.92 Å². The summed E-state index contributed by atoms with van der Waals surface area (Å²) in [5, 5.41) is 12.4. The van der Waals surface area contributed by atoms with Gasteiger partial charge in [-0.05, 0) is 30.5 Å². The maximum Gasteiger partial charge on any atom is 0.350 e. The number of benzene rings is 2. The van der Waals surface area contributed by atoms with E-state index in [-0.39, 0.29) is 41.6 Å². The van der Waals surface area contributed by atoms with Crippen LogP contribution in [0.1, 0.15) is 28.4 Å². The molecule has 0 saturated heterocycles. The molecule has 2 aromatic carbocycles. The first-order chi connectivity index (χ1) is 15.8.